The van der Waals surface area contributed by atoms with Crippen LogP contribution in [-0.2, 0) is 9.59 Å². The number of allylic oxidation sites excluding steroid dienone is 5. The standard InChI is InChI=1S/C11H9NO3/c1-6(13)7-2-4-9(14)11-8(7)3-5-10(15)12-11/h2-5,8,14H,1H3. The number of fused-ring (bicyclic) bond motifs is 1. The Bertz CT molecular complexity index is 464. The molecule has 0 saturated heterocycles. The molecule has 0 fully saturated rings. The summed E-state index contributed by atoms with van der Waals surface area (Å²) in [6.07, 6.45) is 5.84. The smallest absolute Gasteiger partial charge is 0.269 e. The van der Waals surface area contributed by atoms with Gasteiger partial charge in [0.1, 0.15) is 5.76 Å². The number of nitrogens with zero attached hydrogens (tertiary/aromatic N) is 1. The summed E-state index contributed by atoms with van der Waals surface area (Å²) in [7, 11) is 0. The van der Waals surface area contributed by atoms with Crippen molar-refractivity contribution in [2.75, 3.05) is 0 Å². The lowest BCUT2D eigenvalue weighted by Gasteiger charge is -2.22. The maximum Gasteiger partial charge on any atom is 0.269 e. The lowest BCUT2D eigenvalue weighted by molar-refractivity contribution is -0.115. The van der Waals surface area contributed by atoms with Crippen LogP contribution in [-0.4, -0.2) is 22.5 Å². The number of aliphatic imine (C=N–C) groups is 1. The number of aliphatic hydroxyl groups is 1. The summed E-state index contributed by atoms with van der Waals surface area (Å²) in [6, 6.07) is 0. The summed E-state index contributed by atoms with van der Waals surface area (Å²) < 4.78 is 0. The lowest BCUT2D eigenvalue weighted by Crippen LogP contribution is -2.26. The summed E-state index contributed by atoms with van der Waals surface area (Å²) in [4.78, 5) is 26.0. The first kappa shape index (κ1) is 9.58. The highest BCUT2D eigenvalue weighted by Gasteiger charge is 2.29. The number of carbonyl (C=O) groups is 2. The van der Waals surface area contributed by atoms with Crippen molar-refractivity contribution in [2.24, 2.45) is 10.9 Å². The molecule has 2 rings (SSSR count). The molecule has 4 nitrogen and oxygen atoms in total. The van der Waals surface area contributed by atoms with E-state index in [1.165, 1.54) is 19.1 Å². The first-order chi connectivity index (χ1) is 7.09. The molecular weight excluding hydrogens is 194 g/mol. The number of amides is 1. The minimum absolute atomic E-state index is 0.0531. The predicted molar refractivity (Wildman–Crippen MR) is 54.5 cm³/mol. The molecule has 0 spiro atoms. The van der Waals surface area contributed by atoms with E-state index in [0.29, 0.717) is 5.57 Å². The second kappa shape index (κ2) is 3.31. The summed E-state index contributed by atoms with van der Waals surface area (Å²) in [5.41, 5.74) is 0.797. The van der Waals surface area contributed by atoms with E-state index in [1.807, 2.05) is 0 Å². The molecule has 0 saturated carbocycles. The third-order valence-electron chi connectivity index (χ3n) is 2.38. The summed E-state index contributed by atoms with van der Waals surface area (Å²) in [5, 5.41) is 9.51. The van der Waals surface area contributed by atoms with Gasteiger partial charge in [-0.25, -0.2) is 4.99 Å². The highest BCUT2D eigenvalue weighted by Crippen LogP contribution is 2.26. The molecule has 15 heavy (non-hydrogen) atoms. The predicted octanol–water partition coefficient (Wildman–Crippen LogP) is 1.11. The first-order valence-corrected chi connectivity index (χ1v) is 4.52. The molecule has 1 atom stereocenters. The molecule has 76 valence electrons. The molecule has 1 unspecified atom stereocenters. The van der Waals surface area contributed by atoms with Gasteiger partial charge in [0, 0.05) is 11.6 Å². The first-order valence-electron chi connectivity index (χ1n) is 4.52. The SMILES string of the molecule is CC(=O)C1=CC=C(O)C2=NC(=O)C=CC12. The van der Waals surface area contributed by atoms with Gasteiger partial charge in [-0.3, -0.25) is 9.59 Å². The van der Waals surface area contributed by atoms with Crippen LogP contribution in [0, 0.1) is 5.92 Å². The molecule has 1 heterocycles. The van der Waals surface area contributed by atoms with Gasteiger partial charge in [-0.05, 0) is 13.0 Å². The van der Waals surface area contributed by atoms with Crippen LogP contribution in [0.3, 0.4) is 0 Å². The number of hydrogen-bond acceptors (Lipinski definition) is 3. The van der Waals surface area contributed by atoms with Crippen LogP contribution in [0.5, 0.6) is 0 Å². The molecule has 1 aliphatic carbocycles. The Labute approximate surface area is 86.3 Å². The Morgan fingerprint density at radius 3 is 2.87 bits per heavy atom. The zero-order valence-electron chi connectivity index (χ0n) is 8.10. The molecular formula is C11H9NO3. The van der Waals surface area contributed by atoms with Gasteiger partial charge >= 0.3 is 0 Å². The minimum atomic E-state index is -0.411. The van der Waals surface area contributed by atoms with Gasteiger partial charge in [-0.1, -0.05) is 12.2 Å². The Morgan fingerprint density at radius 1 is 1.47 bits per heavy atom. The largest absolute Gasteiger partial charge is 0.506 e. The molecule has 0 aromatic rings. The van der Waals surface area contributed by atoms with Gasteiger partial charge in [-0.15, -0.1) is 0 Å². The minimum Gasteiger partial charge on any atom is -0.506 e. The molecule has 0 aromatic carbocycles. The zero-order chi connectivity index (χ0) is 11.0. The number of hydrogen-bond donors (Lipinski definition) is 1. The number of rotatable bonds is 1. The van der Waals surface area contributed by atoms with Gasteiger partial charge in [0.15, 0.2) is 5.78 Å². The van der Waals surface area contributed by atoms with Crippen LogP contribution in [0.25, 0.3) is 0 Å². The van der Waals surface area contributed by atoms with Gasteiger partial charge in [0.2, 0.25) is 0 Å². The van der Waals surface area contributed by atoms with Crippen LogP contribution in [0.2, 0.25) is 0 Å². The average molecular weight is 203 g/mol. The molecule has 0 aromatic heterocycles. The fourth-order valence-corrected chi connectivity index (χ4v) is 1.66. The Morgan fingerprint density at radius 2 is 2.20 bits per heavy atom. The molecule has 1 aliphatic heterocycles. The highest BCUT2D eigenvalue weighted by molar-refractivity contribution is 6.17. The van der Waals surface area contributed by atoms with Gasteiger partial charge < -0.3 is 5.11 Å². The Hall–Kier alpha value is -1.97. The van der Waals surface area contributed by atoms with Crippen molar-refractivity contribution in [2.45, 2.75) is 6.92 Å². The van der Waals surface area contributed by atoms with Gasteiger partial charge in [0.05, 0.1) is 11.6 Å². The molecule has 1 amide bonds. The van der Waals surface area contributed by atoms with Crippen molar-refractivity contribution < 1.29 is 14.7 Å². The van der Waals surface area contributed by atoms with E-state index in [0.717, 1.165) is 0 Å². The zero-order valence-corrected chi connectivity index (χ0v) is 8.10. The quantitative estimate of drug-likeness (QED) is 0.694. The van der Waals surface area contributed by atoms with Crippen molar-refractivity contribution in [1.82, 2.24) is 0 Å². The number of Topliss-reactive ketones (excluding diaryl/α,β-unsaturated/α-hetero) is 1. The maximum atomic E-state index is 11.3. The Kier molecular flexibility index (Phi) is 2.11. The van der Waals surface area contributed by atoms with Crippen LogP contribution in [0.4, 0.5) is 0 Å². The third-order valence-corrected chi connectivity index (χ3v) is 2.38. The van der Waals surface area contributed by atoms with Crippen molar-refractivity contribution in [3.05, 3.63) is 35.6 Å². The monoisotopic (exact) mass is 203 g/mol. The second-order valence-corrected chi connectivity index (χ2v) is 3.40. The average Bonchev–Trinajstić information content (AvgIpc) is 2.19. The molecule has 0 bridgehead atoms. The maximum absolute atomic E-state index is 11.3. The number of ketones is 1. The normalized spacial score (nSPS) is 23.9. The van der Waals surface area contributed by atoms with Crippen molar-refractivity contribution in [1.29, 1.82) is 0 Å². The fourth-order valence-electron chi connectivity index (χ4n) is 1.66. The third kappa shape index (κ3) is 1.54. The van der Waals surface area contributed by atoms with E-state index in [4.69, 9.17) is 0 Å². The number of aliphatic hydroxyl groups excluding tert-OH is 1. The van der Waals surface area contributed by atoms with E-state index in [1.54, 1.807) is 12.2 Å². The van der Waals surface area contributed by atoms with Crippen molar-refractivity contribution in [3.8, 4) is 0 Å². The van der Waals surface area contributed by atoms with Crippen molar-refractivity contribution >= 4 is 17.4 Å². The summed E-state index contributed by atoms with van der Waals surface area (Å²) >= 11 is 0. The van der Waals surface area contributed by atoms with Crippen LogP contribution < -0.4 is 0 Å². The van der Waals surface area contributed by atoms with Crippen LogP contribution >= 0.6 is 0 Å². The van der Waals surface area contributed by atoms with E-state index in [9.17, 15) is 14.7 Å². The highest BCUT2D eigenvalue weighted by atomic mass is 16.3. The molecule has 2 aliphatic rings. The molecule has 1 N–H and O–H groups in total. The van der Waals surface area contributed by atoms with Crippen LogP contribution in [0.1, 0.15) is 6.92 Å². The number of carbonyl (C=O) groups excluding carboxylic acids is 2. The van der Waals surface area contributed by atoms with E-state index < -0.39 is 5.91 Å². The van der Waals surface area contributed by atoms with E-state index in [2.05, 4.69) is 4.99 Å². The van der Waals surface area contributed by atoms with Gasteiger partial charge in [0.25, 0.3) is 5.91 Å². The fraction of sp³-hybridized carbons (Fsp3) is 0.182. The summed E-state index contributed by atoms with van der Waals surface area (Å²) in [5.74, 6) is -0.936. The topological polar surface area (TPSA) is 66.7 Å². The molecule has 4 heteroatoms. The molecule has 0 radical (unpaired) electrons. The Balaban J connectivity index is 2.50. The van der Waals surface area contributed by atoms with E-state index in [-0.39, 0.29) is 23.2 Å². The van der Waals surface area contributed by atoms with Gasteiger partial charge in [-0.2, -0.15) is 0 Å². The number of dihydropyridines is 1. The van der Waals surface area contributed by atoms with Crippen LogP contribution in [0.15, 0.2) is 40.6 Å². The van der Waals surface area contributed by atoms with Crippen molar-refractivity contribution in [3.63, 3.8) is 0 Å². The summed E-state index contributed by atoms with van der Waals surface area (Å²) in [6.45, 7) is 1.45. The lowest BCUT2D eigenvalue weighted by atomic mass is 9.85. The van der Waals surface area contributed by atoms with E-state index >= 15 is 0 Å². The second-order valence-electron chi connectivity index (χ2n) is 3.40.